The van der Waals surface area contributed by atoms with E-state index < -0.39 is 0 Å². The number of fused-ring (bicyclic) bond motifs is 1. The fourth-order valence-corrected chi connectivity index (χ4v) is 6.49. The summed E-state index contributed by atoms with van der Waals surface area (Å²) in [5, 5.41) is 15.6. The molecule has 5 rings (SSSR count). The first-order valence-electron chi connectivity index (χ1n) is 14.0. The average molecular weight is 591 g/mol. The van der Waals surface area contributed by atoms with Crippen LogP contribution < -0.4 is 14.8 Å². The Balaban J connectivity index is 1.38. The maximum Gasteiger partial charge on any atom is 0.173 e. The molecule has 1 saturated heterocycles. The fourth-order valence-electron chi connectivity index (χ4n) is 5.15. The summed E-state index contributed by atoms with van der Waals surface area (Å²) >= 11 is 8.28. The van der Waals surface area contributed by atoms with Crippen molar-refractivity contribution in [1.82, 2.24) is 19.4 Å². The van der Waals surface area contributed by atoms with E-state index in [0.717, 1.165) is 52.0 Å². The zero-order chi connectivity index (χ0) is 28.9. The van der Waals surface area contributed by atoms with Gasteiger partial charge in [-0.15, -0.1) is 0 Å². The van der Waals surface area contributed by atoms with Crippen molar-refractivity contribution in [3.8, 4) is 17.6 Å². The third-order valence-corrected chi connectivity index (χ3v) is 8.99. The number of aromatic nitrogens is 3. The van der Waals surface area contributed by atoms with Gasteiger partial charge in [0.05, 0.1) is 41.2 Å². The van der Waals surface area contributed by atoms with Crippen molar-refractivity contribution in [2.24, 2.45) is 0 Å². The van der Waals surface area contributed by atoms with Gasteiger partial charge in [-0.25, -0.2) is 4.98 Å². The topological polar surface area (TPSA) is 88.2 Å². The van der Waals surface area contributed by atoms with Crippen molar-refractivity contribution in [2.75, 3.05) is 38.7 Å². The van der Waals surface area contributed by atoms with Gasteiger partial charge in [0.25, 0.3) is 0 Å². The second kappa shape index (κ2) is 13.0. The van der Waals surface area contributed by atoms with Crippen LogP contribution in [-0.4, -0.2) is 52.8 Å². The maximum atomic E-state index is 9.88. The molecule has 0 saturated carbocycles. The lowest BCUT2D eigenvalue weighted by molar-refractivity contribution is 0.254. The van der Waals surface area contributed by atoms with Crippen molar-refractivity contribution < 1.29 is 9.47 Å². The molecule has 10 heteroatoms. The Hall–Kier alpha value is -3.45. The van der Waals surface area contributed by atoms with Crippen molar-refractivity contribution in [3.63, 3.8) is 0 Å². The molecular weight excluding hydrogens is 556 g/mol. The number of aryl methyl sites for hydroxylation is 1. The highest BCUT2D eigenvalue weighted by atomic mass is 35.5. The second-order valence-electron chi connectivity index (χ2n) is 10.1. The molecule has 0 radical (unpaired) electrons. The Kier molecular flexibility index (Phi) is 9.23. The minimum Gasteiger partial charge on any atom is -0.493 e. The third-order valence-electron chi connectivity index (χ3n) is 7.49. The molecule has 1 aliphatic rings. The van der Waals surface area contributed by atoms with Crippen LogP contribution in [0.3, 0.4) is 0 Å². The number of benzene rings is 2. The van der Waals surface area contributed by atoms with Crippen LogP contribution in [-0.2, 0) is 6.54 Å². The molecule has 1 aliphatic heterocycles. The molecule has 0 spiro atoms. The number of nitriles is 1. The van der Waals surface area contributed by atoms with E-state index in [1.165, 1.54) is 25.9 Å². The minimum atomic E-state index is 0.421. The highest BCUT2D eigenvalue weighted by Gasteiger charge is 2.17. The summed E-state index contributed by atoms with van der Waals surface area (Å²) in [5.74, 6) is 1.24. The lowest BCUT2D eigenvalue weighted by atomic mass is 10.1. The molecule has 2 aromatic carbocycles. The number of anilines is 2. The Morgan fingerprint density at radius 2 is 1.95 bits per heavy atom. The number of methoxy groups -OCH3 is 1. The molecule has 1 fully saturated rings. The summed E-state index contributed by atoms with van der Waals surface area (Å²) in [6.07, 6.45) is 5.09. The number of nitrogens with one attached hydrogen (secondary N) is 1. The number of imidazole rings is 1. The Bertz CT molecular complexity index is 1590. The van der Waals surface area contributed by atoms with Gasteiger partial charge in [0.1, 0.15) is 6.07 Å². The van der Waals surface area contributed by atoms with E-state index in [-0.39, 0.29) is 0 Å². The summed E-state index contributed by atoms with van der Waals surface area (Å²) in [6.45, 7) is 11.0. The number of hydrogen-bond acceptors (Lipinski definition) is 8. The summed E-state index contributed by atoms with van der Waals surface area (Å²) in [5.41, 5.74) is 4.70. The molecule has 8 nitrogen and oxygen atoms in total. The van der Waals surface area contributed by atoms with Crippen LogP contribution in [0, 0.1) is 25.2 Å². The largest absolute Gasteiger partial charge is 0.493 e. The quantitative estimate of drug-likeness (QED) is 0.181. The summed E-state index contributed by atoms with van der Waals surface area (Å²) < 4.78 is 14.0. The molecule has 1 N–H and O–H groups in total. The number of likely N-dealkylation sites (tertiary alicyclic amines) is 1. The van der Waals surface area contributed by atoms with E-state index in [1.807, 2.05) is 37.3 Å². The molecule has 41 heavy (non-hydrogen) atoms. The minimum absolute atomic E-state index is 0.421. The average Bonchev–Trinajstić information content (AvgIpc) is 3.59. The maximum absolute atomic E-state index is 9.88. The molecule has 4 aromatic rings. The third kappa shape index (κ3) is 6.40. The van der Waals surface area contributed by atoms with Crippen molar-refractivity contribution >= 4 is 45.6 Å². The summed E-state index contributed by atoms with van der Waals surface area (Å²) in [7, 11) is 1.62. The lowest BCUT2D eigenvalue weighted by Crippen LogP contribution is -2.21. The second-order valence-corrected chi connectivity index (χ2v) is 11.5. The summed E-state index contributed by atoms with van der Waals surface area (Å²) in [4.78, 5) is 12.6. The van der Waals surface area contributed by atoms with E-state index in [9.17, 15) is 5.26 Å². The van der Waals surface area contributed by atoms with Gasteiger partial charge in [-0.1, -0.05) is 23.4 Å². The van der Waals surface area contributed by atoms with E-state index in [1.54, 1.807) is 25.1 Å². The normalized spacial score (nSPS) is 13.5. The van der Waals surface area contributed by atoms with Crippen LogP contribution in [0.1, 0.15) is 43.1 Å². The molecule has 0 aliphatic carbocycles. The number of nitrogens with zero attached hydrogens (tertiary/aromatic N) is 5. The summed E-state index contributed by atoms with van der Waals surface area (Å²) in [6, 6.07) is 11.8. The zero-order valence-electron chi connectivity index (χ0n) is 24.0. The number of pyridine rings is 1. The van der Waals surface area contributed by atoms with E-state index >= 15 is 0 Å². The Labute approximate surface area is 250 Å². The van der Waals surface area contributed by atoms with Crippen LogP contribution >= 0.6 is 23.4 Å². The van der Waals surface area contributed by atoms with Crippen LogP contribution in [0.5, 0.6) is 11.5 Å². The van der Waals surface area contributed by atoms with E-state index in [4.69, 9.17) is 26.1 Å². The van der Waals surface area contributed by atoms with E-state index in [0.29, 0.717) is 39.9 Å². The molecular formula is C31H35ClN6O2S. The van der Waals surface area contributed by atoms with Gasteiger partial charge in [0.15, 0.2) is 16.7 Å². The molecule has 2 aromatic heterocycles. The molecule has 3 heterocycles. The van der Waals surface area contributed by atoms with Crippen molar-refractivity contribution in [1.29, 1.82) is 5.26 Å². The van der Waals surface area contributed by atoms with Crippen molar-refractivity contribution in [3.05, 3.63) is 58.5 Å². The van der Waals surface area contributed by atoms with Gasteiger partial charge in [-0.05, 0) is 77.4 Å². The van der Waals surface area contributed by atoms with Crippen molar-refractivity contribution in [2.45, 2.75) is 56.6 Å². The number of halogens is 1. The first kappa shape index (κ1) is 29.1. The van der Waals surface area contributed by atoms with Gasteiger partial charge in [-0.3, -0.25) is 4.98 Å². The standard InChI is InChI=1S/C31H35ClN6O2S/c1-5-38-21(3)20(2)35-31(38)41-29-10-9-23(15-25(29)32)36-30-22(18-33)19-34-26-17-28(27(39-4)16-24(26)30)40-14-8-13-37-11-6-7-12-37/h9-10,15-17,19H,5-8,11-14H2,1-4H3,(H,34,36). The number of rotatable bonds is 11. The molecule has 0 unspecified atom stereocenters. The Morgan fingerprint density at radius 3 is 2.66 bits per heavy atom. The van der Waals surface area contributed by atoms with Gasteiger partial charge in [0.2, 0.25) is 0 Å². The van der Waals surface area contributed by atoms with Crippen LogP contribution in [0.15, 0.2) is 46.6 Å². The fraction of sp³-hybridized carbons (Fsp3) is 0.387. The monoisotopic (exact) mass is 590 g/mol. The van der Waals surface area contributed by atoms with Gasteiger partial charge < -0.3 is 24.3 Å². The molecule has 0 atom stereocenters. The predicted octanol–water partition coefficient (Wildman–Crippen LogP) is 7.36. The predicted molar refractivity (Wildman–Crippen MR) is 165 cm³/mol. The van der Waals surface area contributed by atoms with Gasteiger partial charge >= 0.3 is 0 Å². The van der Waals surface area contributed by atoms with E-state index in [2.05, 4.69) is 39.7 Å². The smallest absolute Gasteiger partial charge is 0.173 e. The first-order valence-corrected chi connectivity index (χ1v) is 15.2. The highest BCUT2D eigenvalue weighted by Crippen LogP contribution is 2.39. The zero-order valence-corrected chi connectivity index (χ0v) is 25.5. The molecule has 0 amide bonds. The number of hydrogen-bond donors (Lipinski definition) is 1. The first-order chi connectivity index (χ1) is 19.9. The van der Waals surface area contributed by atoms with Crippen LogP contribution in [0.2, 0.25) is 5.02 Å². The van der Waals surface area contributed by atoms with Gasteiger partial charge in [0, 0.05) is 47.0 Å². The molecule has 214 valence electrons. The number of ether oxygens (including phenoxy) is 2. The van der Waals surface area contributed by atoms with Crippen LogP contribution in [0.25, 0.3) is 10.9 Å². The van der Waals surface area contributed by atoms with Crippen LogP contribution in [0.4, 0.5) is 11.4 Å². The highest BCUT2D eigenvalue weighted by molar-refractivity contribution is 7.99. The SMILES string of the molecule is CCn1c(Sc2ccc(Nc3c(C#N)cnc4cc(OCCCN5CCCC5)c(OC)cc34)cc2Cl)nc(C)c1C. The Morgan fingerprint density at radius 1 is 1.15 bits per heavy atom. The lowest BCUT2D eigenvalue weighted by Gasteiger charge is -2.17. The molecule has 0 bridgehead atoms. The van der Waals surface area contributed by atoms with Gasteiger partial charge in [-0.2, -0.15) is 5.26 Å².